The molecule has 1 aliphatic heterocycles. The molecule has 15 heavy (non-hydrogen) atoms. The lowest BCUT2D eigenvalue weighted by Gasteiger charge is -2.07. The number of carboxylic acids is 1. The third-order valence-electron chi connectivity index (χ3n) is 2.52. The second kappa shape index (κ2) is 4.14. The Labute approximate surface area is 92.4 Å². The number of ether oxygens (including phenoxy) is 1. The number of carbonyl (C=O) groups is 1. The summed E-state index contributed by atoms with van der Waals surface area (Å²) in [5, 5.41) is 8.77. The first-order valence-electron chi connectivity index (χ1n) is 4.73. The van der Waals surface area contributed by atoms with Crippen LogP contribution in [0.1, 0.15) is 17.9 Å². The summed E-state index contributed by atoms with van der Waals surface area (Å²) in [6.45, 7) is 0. The van der Waals surface area contributed by atoms with E-state index < -0.39 is 5.97 Å². The van der Waals surface area contributed by atoms with E-state index in [1.54, 1.807) is 18.9 Å². The predicted octanol–water partition coefficient (Wildman–Crippen LogP) is 2.36. The number of rotatable bonds is 3. The van der Waals surface area contributed by atoms with Gasteiger partial charge >= 0.3 is 5.97 Å². The summed E-state index contributed by atoms with van der Waals surface area (Å²) in [6, 6.07) is 5.84. The number of fused-ring (bicyclic) bond motifs is 1. The Morgan fingerprint density at radius 3 is 3.13 bits per heavy atom. The molecule has 1 N–H and O–H groups in total. The van der Waals surface area contributed by atoms with E-state index in [9.17, 15) is 4.79 Å². The minimum absolute atomic E-state index is 0.147. The third-order valence-corrected chi connectivity index (χ3v) is 3.76. The zero-order valence-electron chi connectivity index (χ0n) is 8.40. The van der Waals surface area contributed by atoms with E-state index >= 15 is 0 Å². The summed E-state index contributed by atoms with van der Waals surface area (Å²) >= 11 is 1.70. The average Bonchev–Trinajstić information content (AvgIpc) is 2.60. The normalized spacial score (nSPS) is 18.6. The molecule has 0 radical (unpaired) electrons. The number of aliphatic carboxylic acids is 1. The minimum atomic E-state index is -0.732. The van der Waals surface area contributed by atoms with E-state index in [4.69, 9.17) is 9.84 Å². The van der Waals surface area contributed by atoms with Crippen LogP contribution in [0.5, 0.6) is 5.75 Å². The maximum absolute atomic E-state index is 10.7. The van der Waals surface area contributed by atoms with Gasteiger partial charge in [0.15, 0.2) is 0 Å². The Morgan fingerprint density at radius 2 is 2.47 bits per heavy atom. The molecule has 0 saturated heterocycles. The maximum atomic E-state index is 10.7. The molecule has 1 atom stereocenters. The van der Waals surface area contributed by atoms with E-state index in [1.807, 2.05) is 18.2 Å². The largest absolute Gasteiger partial charge is 0.497 e. The topological polar surface area (TPSA) is 46.5 Å². The van der Waals surface area contributed by atoms with Gasteiger partial charge in [-0.3, -0.25) is 4.79 Å². The van der Waals surface area contributed by atoms with Crippen LogP contribution in [0, 0.1) is 0 Å². The van der Waals surface area contributed by atoms with Gasteiger partial charge in [0.25, 0.3) is 0 Å². The van der Waals surface area contributed by atoms with E-state index in [1.165, 1.54) is 0 Å². The molecule has 0 aromatic heterocycles. The predicted molar refractivity (Wildman–Crippen MR) is 58.7 cm³/mol. The molecular weight excluding hydrogens is 212 g/mol. The summed E-state index contributed by atoms with van der Waals surface area (Å²) in [5.74, 6) is 1.10. The zero-order valence-corrected chi connectivity index (χ0v) is 9.21. The average molecular weight is 224 g/mol. The number of carboxylic acid groups (broad SMARTS) is 1. The molecule has 0 aliphatic carbocycles. The Hall–Kier alpha value is -1.16. The Balaban J connectivity index is 2.24. The summed E-state index contributed by atoms with van der Waals surface area (Å²) in [7, 11) is 1.63. The Kier molecular flexibility index (Phi) is 2.86. The smallest absolute Gasteiger partial charge is 0.303 e. The molecule has 80 valence electrons. The summed E-state index contributed by atoms with van der Waals surface area (Å²) in [6.07, 6.45) is 0.215. The van der Waals surface area contributed by atoms with Crippen LogP contribution < -0.4 is 4.74 Å². The molecule has 0 bridgehead atoms. The molecule has 1 aliphatic rings. The van der Waals surface area contributed by atoms with Crippen molar-refractivity contribution in [2.24, 2.45) is 0 Å². The van der Waals surface area contributed by atoms with Gasteiger partial charge in [-0.25, -0.2) is 0 Å². The number of benzene rings is 1. The van der Waals surface area contributed by atoms with Gasteiger partial charge in [-0.05, 0) is 17.7 Å². The molecule has 2 rings (SSSR count). The van der Waals surface area contributed by atoms with Gasteiger partial charge in [0.1, 0.15) is 5.75 Å². The highest BCUT2D eigenvalue weighted by molar-refractivity contribution is 7.99. The van der Waals surface area contributed by atoms with Crippen LogP contribution in [0.3, 0.4) is 0 Å². The minimum Gasteiger partial charge on any atom is -0.497 e. The van der Waals surface area contributed by atoms with Gasteiger partial charge in [-0.2, -0.15) is 0 Å². The standard InChI is InChI=1S/C11H12O3S/c1-14-8-2-3-9-7(4-11(12)13)6-15-10(9)5-8/h2-3,5,7H,4,6H2,1H3,(H,12,13)/t7-/m0/s1. The lowest BCUT2D eigenvalue weighted by atomic mass is 9.98. The maximum Gasteiger partial charge on any atom is 0.303 e. The fourth-order valence-electron chi connectivity index (χ4n) is 1.76. The number of hydrogen-bond donors (Lipinski definition) is 1. The number of methoxy groups -OCH3 is 1. The first kappa shape index (κ1) is 10.4. The van der Waals surface area contributed by atoms with Crippen molar-refractivity contribution in [3.63, 3.8) is 0 Å². The van der Waals surface area contributed by atoms with Crippen molar-refractivity contribution in [1.82, 2.24) is 0 Å². The van der Waals surface area contributed by atoms with E-state index in [0.717, 1.165) is 22.0 Å². The molecule has 1 aromatic rings. The summed E-state index contributed by atoms with van der Waals surface area (Å²) < 4.78 is 5.13. The quantitative estimate of drug-likeness (QED) is 0.856. The van der Waals surface area contributed by atoms with Crippen molar-refractivity contribution < 1.29 is 14.6 Å². The van der Waals surface area contributed by atoms with Gasteiger partial charge < -0.3 is 9.84 Å². The fraction of sp³-hybridized carbons (Fsp3) is 0.364. The molecule has 3 nitrogen and oxygen atoms in total. The lowest BCUT2D eigenvalue weighted by molar-refractivity contribution is -0.137. The van der Waals surface area contributed by atoms with Crippen LogP contribution in [-0.2, 0) is 4.79 Å². The molecule has 0 amide bonds. The zero-order chi connectivity index (χ0) is 10.8. The molecule has 0 unspecified atom stereocenters. The molecule has 0 spiro atoms. The first-order chi connectivity index (χ1) is 7.20. The van der Waals surface area contributed by atoms with Gasteiger partial charge in [0, 0.05) is 16.6 Å². The van der Waals surface area contributed by atoms with Gasteiger partial charge in [-0.1, -0.05) is 6.07 Å². The van der Waals surface area contributed by atoms with Crippen LogP contribution in [0.2, 0.25) is 0 Å². The van der Waals surface area contributed by atoms with Crippen LogP contribution in [0.4, 0.5) is 0 Å². The van der Waals surface area contributed by atoms with E-state index in [2.05, 4.69) is 0 Å². The fourth-order valence-corrected chi connectivity index (χ4v) is 3.04. The molecule has 4 heteroatoms. The summed E-state index contributed by atoms with van der Waals surface area (Å²) in [4.78, 5) is 11.8. The van der Waals surface area contributed by atoms with Crippen molar-refractivity contribution in [2.45, 2.75) is 17.2 Å². The highest BCUT2D eigenvalue weighted by Gasteiger charge is 2.25. The van der Waals surface area contributed by atoms with Crippen LogP contribution >= 0.6 is 11.8 Å². The van der Waals surface area contributed by atoms with Crippen molar-refractivity contribution in [3.05, 3.63) is 23.8 Å². The Bertz CT molecular complexity index is 389. The van der Waals surface area contributed by atoms with E-state index in [-0.39, 0.29) is 12.3 Å². The van der Waals surface area contributed by atoms with Crippen LogP contribution in [-0.4, -0.2) is 23.9 Å². The molecule has 0 saturated carbocycles. The van der Waals surface area contributed by atoms with Crippen LogP contribution in [0.25, 0.3) is 0 Å². The highest BCUT2D eigenvalue weighted by Crippen LogP contribution is 2.42. The second-order valence-electron chi connectivity index (χ2n) is 3.51. The molecule has 0 fully saturated rings. The first-order valence-corrected chi connectivity index (χ1v) is 5.72. The second-order valence-corrected chi connectivity index (χ2v) is 4.57. The molecule has 1 heterocycles. The highest BCUT2D eigenvalue weighted by atomic mass is 32.2. The van der Waals surface area contributed by atoms with Crippen molar-refractivity contribution in [2.75, 3.05) is 12.9 Å². The van der Waals surface area contributed by atoms with Gasteiger partial charge in [-0.15, -0.1) is 11.8 Å². The SMILES string of the molecule is COc1ccc2c(c1)SC[C@@H]2CC(=O)O. The lowest BCUT2D eigenvalue weighted by Crippen LogP contribution is -2.05. The molecular formula is C11H12O3S. The van der Waals surface area contributed by atoms with Gasteiger partial charge in [0.05, 0.1) is 13.5 Å². The van der Waals surface area contributed by atoms with Crippen molar-refractivity contribution in [1.29, 1.82) is 0 Å². The Morgan fingerprint density at radius 1 is 1.67 bits per heavy atom. The van der Waals surface area contributed by atoms with Crippen molar-refractivity contribution in [3.8, 4) is 5.75 Å². The van der Waals surface area contributed by atoms with Crippen molar-refractivity contribution >= 4 is 17.7 Å². The third kappa shape index (κ3) is 2.09. The summed E-state index contributed by atoms with van der Waals surface area (Å²) in [5.41, 5.74) is 1.14. The van der Waals surface area contributed by atoms with E-state index in [0.29, 0.717) is 0 Å². The number of hydrogen-bond acceptors (Lipinski definition) is 3. The van der Waals surface area contributed by atoms with Gasteiger partial charge in [0.2, 0.25) is 0 Å². The monoisotopic (exact) mass is 224 g/mol. The molecule has 1 aromatic carbocycles. The van der Waals surface area contributed by atoms with Crippen LogP contribution in [0.15, 0.2) is 23.1 Å². The number of thioether (sulfide) groups is 1.